The zero-order valence-corrected chi connectivity index (χ0v) is 8.79. The van der Waals surface area contributed by atoms with Gasteiger partial charge in [0.25, 0.3) is 0 Å². The topological polar surface area (TPSA) is 98.0 Å². The Kier molecular flexibility index (Phi) is 3.32. The van der Waals surface area contributed by atoms with Crippen molar-refractivity contribution in [3.8, 4) is 0 Å². The number of aliphatic carboxylic acids is 1. The molecular formula is C11H14O5. The van der Waals surface area contributed by atoms with Crippen molar-refractivity contribution in [1.29, 1.82) is 0 Å². The van der Waals surface area contributed by atoms with Crippen molar-refractivity contribution < 1.29 is 25.2 Å². The molecule has 0 radical (unpaired) electrons. The molecule has 0 saturated heterocycles. The van der Waals surface area contributed by atoms with E-state index in [-0.39, 0.29) is 12.0 Å². The SMILES string of the molecule is CCC(O)(O)C(O)(C(=O)O)c1ccccc1. The van der Waals surface area contributed by atoms with E-state index in [2.05, 4.69) is 0 Å². The number of carbonyl (C=O) groups is 1. The third-order valence-electron chi connectivity index (χ3n) is 2.57. The Morgan fingerprint density at radius 3 is 2.06 bits per heavy atom. The first kappa shape index (κ1) is 12.6. The summed E-state index contributed by atoms with van der Waals surface area (Å²) in [5, 5.41) is 38.2. The number of rotatable bonds is 4. The van der Waals surface area contributed by atoms with Gasteiger partial charge in [0.15, 0.2) is 0 Å². The molecule has 1 unspecified atom stereocenters. The fourth-order valence-corrected chi connectivity index (χ4v) is 1.46. The number of carboxylic acid groups (broad SMARTS) is 1. The molecule has 1 atom stereocenters. The van der Waals surface area contributed by atoms with Crippen LogP contribution in [0.15, 0.2) is 30.3 Å². The van der Waals surface area contributed by atoms with Crippen LogP contribution in [-0.4, -0.2) is 32.2 Å². The van der Waals surface area contributed by atoms with Gasteiger partial charge in [-0.15, -0.1) is 0 Å². The van der Waals surface area contributed by atoms with Crippen molar-refractivity contribution in [1.82, 2.24) is 0 Å². The highest BCUT2D eigenvalue weighted by Gasteiger charge is 2.55. The van der Waals surface area contributed by atoms with Crippen LogP contribution in [0.25, 0.3) is 0 Å². The van der Waals surface area contributed by atoms with Crippen LogP contribution in [0.1, 0.15) is 18.9 Å². The molecule has 1 rings (SSSR count). The Labute approximate surface area is 92.6 Å². The van der Waals surface area contributed by atoms with Crippen molar-refractivity contribution in [2.45, 2.75) is 24.7 Å². The lowest BCUT2D eigenvalue weighted by Crippen LogP contribution is -2.56. The van der Waals surface area contributed by atoms with E-state index in [4.69, 9.17) is 5.11 Å². The van der Waals surface area contributed by atoms with Gasteiger partial charge in [-0.3, -0.25) is 0 Å². The molecule has 0 heterocycles. The van der Waals surface area contributed by atoms with Crippen LogP contribution >= 0.6 is 0 Å². The van der Waals surface area contributed by atoms with Crippen LogP contribution in [0.2, 0.25) is 0 Å². The number of benzene rings is 1. The maximum Gasteiger partial charge on any atom is 0.346 e. The Hall–Kier alpha value is -1.43. The summed E-state index contributed by atoms with van der Waals surface area (Å²) >= 11 is 0. The molecule has 1 aromatic carbocycles. The maximum atomic E-state index is 11.1. The van der Waals surface area contributed by atoms with Crippen LogP contribution in [0.4, 0.5) is 0 Å². The highest BCUT2D eigenvalue weighted by Crippen LogP contribution is 2.33. The van der Waals surface area contributed by atoms with E-state index in [0.717, 1.165) is 0 Å². The average Bonchev–Trinajstić information content (AvgIpc) is 2.28. The number of hydrogen-bond donors (Lipinski definition) is 4. The van der Waals surface area contributed by atoms with Gasteiger partial charge in [-0.25, -0.2) is 4.79 Å². The molecule has 0 aliphatic carbocycles. The summed E-state index contributed by atoms with van der Waals surface area (Å²) in [7, 11) is 0. The zero-order valence-electron chi connectivity index (χ0n) is 8.79. The fraction of sp³-hybridized carbons (Fsp3) is 0.364. The minimum Gasteiger partial charge on any atom is -0.479 e. The lowest BCUT2D eigenvalue weighted by molar-refractivity contribution is -0.279. The first-order valence-corrected chi connectivity index (χ1v) is 4.82. The predicted octanol–water partition coefficient (Wildman–Crippen LogP) is 0.0497. The molecule has 0 aliphatic heterocycles. The number of aliphatic hydroxyl groups is 3. The van der Waals surface area contributed by atoms with E-state index in [1.807, 2.05) is 0 Å². The maximum absolute atomic E-state index is 11.1. The smallest absolute Gasteiger partial charge is 0.346 e. The molecule has 5 nitrogen and oxygen atoms in total. The van der Waals surface area contributed by atoms with Gasteiger partial charge >= 0.3 is 5.97 Å². The first-order chi connectivity index (χ1) is 7.36. The van der Waals surface area contributed by atoms with Crippen LogP contribution in [-0.2, 0) is 10.4 Å². The molecule has 0 saturated carbocycles. The van der Waals surface area contributed by atoms with Crippen LogP contribution < -0.4 is 0 Å². The van der Waals surface area contributed by atoms with Crippen molar-refractivity contribution in [2.24, 2.45) is 0 Å². The van der Waals surface area contributed by atoms with Crippen molar-refractivity contribution in [3.63, 3.8) is 0 Å². The van der Waals surface area contributed by atoms with Gasteiger partial charge < -0.3 is 20.4 Å². The number of carboxylic acids is 1. The van der Waals surface area contributed by atoms with E-state index < -0.39 is 17.4 Å². The quantitative estimate of drug-likeness (QED) is 0.544. The second-order valence-corrected chi connectivity index (χ2v) is 3.55. The number of hydrogen-bond acceptors (Lipinski definition) is 4. The van der Waals surface area contributed by atoms with Crippen LogP contribution in [0, 0.1) is 0 Å². The zero-order chi connectivity index (χ0) is 12.4. The molecule has 0 fully saturated rings. The summed E-state index contributed by atoms with van der Waals surface area (Å²) in [6, 6.07) is 7.30. The molecule has 5 heteroatoms. The highest BCUT2D eigenvalue weighted by molar-refractivity contribution is 5.80. The van der Waals surface area contributed by atoms with Gasteiger partial charge in [-0.2, -0.15) is 0 Å². The standard InChI is InChI=1S/C11H14O5/c1-2-10(14,15)11(16,9(12)13)8-6-4-3-5-7-8/h3-7,14-16H,2H2,1H3,(H,12,13). The molecule has 0 spiro atoms. The van der Waals surface area contributed by atoms with E-state index in [9.17, 15) is 20.1 Å². The monoisotopic (exact) mass is 226 g/mol. The third-order valence-corrected chi connectivity index (χ3v) is 2.57. The second-order valence-electron chi connectivity index (χ2n) is 3.55. The summed E-state index contributed by atoms with van der Waals surface area (Å²) in [6.07, 6.45) is -0.315. The highest BCUT2D eigenvalue weighted by atomic mass is 16.5. The summed E-state index contributed by atoms with van der Waals surface area (Å²) in [6.45, 7) is 1.37. The van der Waals surface area contributed by atoms with E-state index in [0.29, 0.717) is 0 Å². The third kappa shape index (κ3) is 1.80. The van der Waals surface area contributed by atoms with Gasteiger partial charge in [0.1, 0.15) is 0 Å². The Bertz CT molecular complexity index is 373. The first-order valence-electron chi connectivity index (χ1n) is 4.82. The molecule has 16 heavy (non-hydrogen) atoms. The predicted molar refractivity (Wildman–Crippen MR) is 55.4 cm³/mol. The summed E-state index contributed by atoms with van der Waals surface area (Å²) < 4.78 is 0. The van der Waals surface area contributed by atoms with Crippen LogP contribution in [0.5, 0.6) is 0 Å². The molecule has 0 amide bonds. The normalized spacial score (nSPS) is 15.5. The molecule has 88 valence electrons. The van der Waals surface area contributed by atoms with Gasteiger partial charge in [0.05, 0.1) is 0 Å². The Morgan fingerprint density at radius 2 is 1.69 bits per heavy atom. The van der Waals surface area contributed by atoms with Crippen LogP contribution in [0.3, 0.4) is 0 Å². The van der Waals surface area contributed by atoms with Crippen molar-refractivity contribution in [2.75, 3.05) is 0 Å². The van der Waals surface area contributed by atoms with E-state index >= 15 is 0 Å². The molecule has 0 bridgehead atoms. The van der Waals surface area contributed by atoms with Gasteiger partial charge in [-0.1, -0.05) is 37.3 Å². The molecule has 4 N–H and O–H groups in total. The minimum atomic E-state index is -2.73. The van der Waals surface area contributed by atoms with Gasteiger partial charge in [0, 0.05) is 12.0 Å². The minimum absolute atomic E-state index is 0.0747. The molecular weight excluding hydrogens is 212 g/mol. The lowest BCUT2D eigenvalue weighted by atomic mass is 9.84. The Morgan fingerprint density at radius 1 is 1.19 bits per heavy atom. The lowest BCUT2D eigenvalue weighted by Gasteiger charge is -2.35. The van der Waals surface area contributed by atoms with Gasteiger partial charge in [0.2, 0.25) is 11.4 Å². The molecule has 1 aromatic rings. The van der Waals surface area contributed by atoms with E-state index in [1.54, 1.807) is 6.07 Å². The molecule has 0 aromatic heterocycles. The van der Waals surface area contributed by atoms with Gasteiger partial charge in [-0.05, 0) is 0 Å². The summed E-state index contributed by atoms with van der Waals surface area (Å²) in [5.74, 6) is -4.43. The summed E-state index contributed by atoms with van der Waals surface area (Å²) in [4.78, 5) is 11.1. The average molecular weight is 226 g/mol. The fourth-order valence-electron chi connectivity index (χ4n) is 1.46. The van der Waals surface area contributed by atoms with E-state index in [1.165, 1.54) is 31.2 Å². The molecule has 0 aliphatic rings. The summed E-state index contributed by atoms with van der Waals surface area (Å²) in [5.41, 5.74) is -2.81. The Balaban J connectivity index is 3.34. The second kappa shape index (κ2) is 4.21. The van der Waals surface area contributed by atoms with Crippen molar-refractivity contribution >= 4 is 5.97 Å². The van der Waals surface area contributed by atoms with Crippen molar-refractivity contribution in [3.05, 3.63) is 35.9 Å². The largest absolute Gasteiger partial charge is 0.479 e.